The van der Waals surface area contributed by atoms with Crippen molar-refractivity contribution in [3.05, 3.63) is 0 Å². The van der Waals surface area contributed by atoms with Crippen molar-refractivity contribution in [3.8, 4) is 0 Å². The molecule has 0 bridgehead atoms. The number of nitrogens with zero attached hydrogens (tertiary/aromatic N) is 1. The zero-order valence-corrected chi connectivity index (χ0v) is 9.93. The van der Waals surface area contributed by atoms with E-state index in [2.05, 4.69) is 5.32 Å². The SMILES string of the molecule is CN(C)C(=S)NCCCC(=O)O.[Ag]. The van der Waals surface area contributed by atoms with Crippen LogP contribution in [0, 0.1) is 0 Å². The van der Waals surface area contributed by atoms with Crippen molar-refractivity contribution in [2.45, 2.75) is 12.8 Å². The van der Waals surface area contributed by atoms with Gasteiger partial charge in [-0.2, -0.15) is 0 Å². The number of thiocarbonyl (C=S) groups is 1. The number of rotatable bonds is 4. The van der Waals surface area contributed by atoms with E-state index in [4.69, 9.17) is 17.3 Å². The van der Waals surface area contributed by atoms with Crippen LogP contribution in [0.3, 0.4) is 0 Å². The Kier molecular flexibility index (Phi) is 10.0. The molecule has 1 radical (unpaired) electrons. The molecule has 4 nitrogen and oxygen atoms in total. The Morgan fingerprint density at radius 1 is 1.54 bits per heavy atom. The molecule has 0 atom stereocenters. The maximum atomic E-state index is 10.1. The van der Waals surface area contributed by atoms with Crippen molar-refractivity contribution in [1.82, 2.24) is 10.2 Å². The Morgan fingerprint density at radius 2 is 2.08 bits per heavy atom. The molecule has 0 aliphatic heterocycles. The van der Waals surface area contributed by atoms with E-state index in [1.807, 2.05) is 14.1 Å². The second kappa shape index (κ2) is 8.50. The zero-order valence-electron chi connectivity index (χ0n) is 7.63. The van der Waals surface area contributed by atoms with Crippen molar-refractivity contribution >= 4 is 23.3 Å². The monoisotopic (exact) mass is 297 g/mol. The first kappa shape index (κ1) is 15.4. The van der Waals surface area contributed by atoms with Crippen LogP contribution >= 0.6 is 12.2 Å². The fourth-order valence-electron chi connectivity index (χ4n) is 0.593. The number of nitrogens with one attached hydrogen (secondary N) is 1. The quantitative estimate of drug-likeness (QED) is 0.444. The summed E-state index contributed by atoms with van der Waals surface area (Å²) < 4.78 is 0. The minimum Gasteiger partial charge on any atom is -0.481 e. The minimum absolute atomic E-state index is 0. The van der Waals surface area contributed by atoms with Crippen LogP contribution in [-0.4, -0.2) is 41.7 Å². The average molecular weight is 298 g/mol. The van der Waals surface area contributed by atoms with Gasteiger partial charge >= 0.3 is 5.97 Å². The molecule has 0 saturated carbocycles. The summed E-state index contributed by atoms with van der Waals surface area (Å²) in [7, 11) is 3.68. The summed E-state index contributed by atoms with van der Waals surface area (Å²) in [6, 6.07) is 0. The van der Waals surface area contributed by atoms with Gasteiger partial charge in [0.25, 0.3) is 0 Å². The Hall–Kier alpha value is -0.0997. The Balaban J connectivity index is 0. The van der Waals surface area contributed by atoms with Crippen LogP contribution in [0.25, 0.3) is 0 Å². The van der Waals surface area contributed by atoms with Crippen LogP contribution < -0.4 is 5.32 Å². The van der Waals surface area contributed by atoms with Gasteiger partial charge in [0, 0.05) is 49.4 Å². The minimum atomic E-state index is -0.771. The third-order valence-corrected chi connectivity index (χ3v) is 1.76. The second-order valence-electron chi connectivity index (χ2n) is 2.62. The first-order valence-corrected chi connectivity index (χ1v) is 4.12. The number of aliphatic carboxylic acids is 1. The third-order valence-electron chi connectivity index (χ3n) is 1.25. The summed E-state index contributed by atoms with van der Waals surface area (Å²) in [5.74, 6) is -0.771. The molecular weight excluding hydrogens is 284 g/mol. The smallest absolute Gasteiger partial charge is 0.303 e. The molecule has 0 saturated heterocycles. The normalized spacial score (nSPS) is 8.46. The summed E-state index contributed by atoms with van der Waals surface area (Å²) in [5.41, 5.74) is 0. The fraction of sp³-hybridized carbons (Fsp3) is 0.714. The standard InChI is InChI=1S/C7H14N2O2S.Ag/c1-9(2)7(12)8-5-3-4-6(10)11;/h3-5H2,1-2H3,(H,8,12)(H,10,11);. The van der Waals surface area contributed by atoms with Gasteiger partial charge in [-0.25, -0.2) is 0 Å². The second-order valence-corrected chi connectivity index (χ2v) is 3.01. The van der Waals surface area contributed by atoms with Crippen LogP contribution in [0.5, 0.6) is 0 Å². The van der Waals surface area contributed by atoms with E-state index in [1.54, 1.807) is 4.90 Å². The van der Waals surface area contributed by atoms with E-state index in [-0.39, 0.29) is 28.8 Å². The van der Waals surface area contributed by atoms with E-state index >= 15 is 0 Å². The summed E-state index contributed by atoms with van der Waals surface area (Å²) in [4.78, 5) is 11.9. The number of hydrogen-bond donors (Lipinski definition) is 2. The summed E-state index contributed by atoms with van der Waals surface area (Å²) in [5, 5.41) is 11.9. The molecule has 0 spiro atoms. The van der Waals surface area contributed by atoms with E-state index in [9.17, 15) is 4.79 Å². The van der Waals surface area contributed by atoms with Crippen LogP contribution in [-0.2, 0) is 27.2 Å². The molecule has 0 fully saturated rings. The number of carboxylic acid groups (broad SMARTS) is 1. The molecular formula is C7H14AgN2O2S. The van der Waals surface area contributed by atoms with Gasteiger partial charge in [-0.3, -0.25) is 4.79 Å². The van der Waals surface area contributed by atoms with E-state index in [0.29, 0.717) is 18.1 Å². The molecule has 0 heterocycles. The molecule has 0 rings (SSSR count). The molecule has 0 amide bonds. The largest absolute Gasteiger partial charge is 0.481 e. The van der Waals surface area contributed by atoms with Gasteiger partial charge in [0.15, 0.2) is 5.11 Å². The molecule has 0 aromatic rings. The number of carboxylic acids is 1. The van der Waals surface area contributed by atoms with Crippen molar-refractivity contribution in [3.63, 3.8) is 0 Å². The van der Waals surface area contributed by atoms with Gasteiger partial charge in [0.05, 0.1) is 0 Å². The van der Waals surface area contributed by atoms with Gasteiger partial charge in [-0.05, 0) is 18.6 Å². The topological polar surface area (TPSA) is 52.6 Å². The van der Waals surface area contributed by atoms with Gasteiger partial charge in [-0.1, -0.05) is 0 Å². The van der Waals surface area contributed by atoms with Crippen LogP contribution in [0.4, 0.5) is 0 Å². The van der Waals surface area contributed by atoms with E-state index in [0.717, 1.165) is 0 Å². The maximum Gasteiger partial charge on any atom is 0.303 e. The van der Waals surface area contributed by atoms with Gasteiger partial charge in [-0.15, -0.1) is 0 Å². The Labute approximate surface area is 99.2 Å². The summed E-state index contributed by atoms with van der Waals surface area (Å²) in [6.07, 6.45) is 0.784. The molecule has 6 heteroatoms. The first-order chi connectivity index (χ1) is 5.54. The average Bonchev–Trinajstić information content (AvgIpc) is 1.97. The third kappa shape index (κ3) is 9.82. The van der Waals surface area contributed by atoms with Gasteiger partial charge < -0.3 is 15.3 Å². The summed E-state index contributed by atoms with van der Waals surface area (Å²) >= 11 is 4.92. The molecule has 0 aromatic carbocycles. The predicted octanol–water partition coefficient (Wildman–Crippen LogP) is 0.285. The fourth-order valence-corrected chi connectivity index (χ4v) is 0.695. The van der Waals surface area contributed by atoms with Crippen LogP contribution in [0.2, 0.25) is 0 Å². The van der Waals surface area contributed by atoms with Gasteiger partial charge in [0.1, 0.15) is 0 Å². The molecule has 2 N–H and O–H groups in total. The molecule has 0 aliphatic carbocycles. The predicted molar refractivity (Wildman–Crippen MR) is 51.2 cm³/mol. The maximum absolute atomic E-state index is 10.1. The van der Waals surface area contributed by atoms with E-state index in [1.165, 1.54) is 0 Å². The van der Waals surface area contributed by atoms with Gasteiger partial charge in [0.2, 0.25) is 0 Å². The molecule has 0 aromatic heterocycles. The van der Waals surface area contributed by atoms with Crippen molar-refractivity contribution in [1.29, 1.82) is 0 Å². The Bertz CT molecular complexity index is 176. The number of carbonyl (C=O) groups is 1. The summed E-state index contributed by atoms with van der Waals surface area (Å²) in [6.45, 7) is 0.614. The van der Waals surface area contributed by atoms with E-state index < -0.39 is 5.97 Å². The van der Waals surface area contributed by atoms with Crippen molar-refractivity contribution in [2.75, 3.05) is 20.6 Å². The zero-order chi connectivity index (χ0) is 9.56. The van der Waals surface area contributed by atoms with Crippen molar-refractivity contribution in [2.24, 2.45) is 0 Å². The molecule has 0 unspecified atom stereocenters. The Morgan fingerprint density at radius 3 is 2.46 bits per heavy atom. The van der Waals surface area contributed by atoms with Crippen LogP contribution in [0.1, 0.15) is 12.8 Å². The molecule has 81 valence electrons. The van der Waals surface area contributed by atoms with Crippen LogP contribution in [0.15, 0.2) is 0 Å². The molecule has 13 heavy (non-hydrogen) atoms. The number of hydrogen-bond acceptors (Lipinski definition) is 2. The molecule has 0 aliphatic rings. The first-order valence-electron chi connectivity index (χ1n) is 3.71. The van der Waals surface area contributed by atoms with Crippen molar-refractivity contribution < 1.29 is 32.3 Å².